The number of hydrogen-bond donors (Lipinski definition) is 1. The molecule has 1 aromatic rings. The number of nitrogens with one attached hydrogen (secondary N) is 1. The second-order valence-electron chi connectivity index (χ2n) is 6.61. The first-order valence-electron chi connectivity index (χ1n) is 7.41. The zero-order chi connectivity index (χ0) is 15.6. The van der Waals surface area contributed by atoms with Crippen LogP contribution in [0.2, 0.25) is 0 Å². The number of oxazole rings is 1. The van der Waals surface area contributed by atoms with Crippen LogP contribution >= 0.6 is 0 Å². The summed E-state index contributed by atoms with van der Waals surface area (Å²) in [7, 11) is 0. The van der Waals surface area contributed by atoms with Crippen LogP contribution in [-0.2, 0) is 4.74 Å². The Morgan fingerprint density at radius 3 is 2.86 bits per heavy atom. The molecule has 0 bridgehead atoms. The van der Waals surface area contributed by atoms with Crippen molar-refractivity contribution in [1.82, 2.24) is 15.2 Å². The van der Waals surface area contributed by atoms with E-state index < -0.39 is 5.60 Å². The van der Waals surface area contributed by atoms with Gasteiger partial charge in [0.15, 0.2) is 0 Å². The summed E-state index contributed by atoms with van der Waals surface area (Å²) in [6, 6.07) is 0.266. The molecule has 1 aliphatic heterocycles. The molecule has 0 spiro atoms. The lowest BCUT2D eigenvalue weighted by Crippen LogP contribution is -2.39. The summed E-state index contributed by atoms with van der Waals surface area (Å²) in [5.74, 6) is 1.49. The fourth-order valence-electron chi connectivity index (χ4n) is 2.39. The van der Waals surface area contributed by atoms with Gasteiger partial charge in [-0.1, -0.05) is 0 Å². The van der Waals surface area contributed by atoms with Crippen molar-refractivity contribution < 1.29 is 13.9 Å². The molecule has 2 unspecified atom stereocenters. The first kappa shape index (κ1) is 15.8. The lowest BCUT2D eigenvalue weighted by molar-refractivity contribution is 0.0290. The Kier molecular flexibility index (Phi) is 4.56. The van der Waals surface area contributed by atoms with Gasteiger partial charge < -0.3 is 19.4 Å². The van der Waals surface area contributed by atoms with Crippen LogP contribution in [0.3, 0.4) is 0 Å². The third kappa shape index (κ3) is 4.46. The number of likely N-dealkylation sites (tertiary alicyclic amines) is 1. The van der Waals surface area contributed by atoms with Crippen molar-refractivity contribution in [3.05, 3.63) is 17.8 Å². The number of aromatic nitrogens is 1. The molecular weight excluding hydrogens is 270 g/mol. The zero-order valence-electron chi connectivity index (χ0n) is 13.5. The summed E-state index contributed by atoms with van der Waals surface area (Å²) in [6.45, 7) is 10.9. The Morgan fingerprint density at radius 2 is 2.29 bits per heavy atom. The summed E-state index contributed by atoms with van der Waals surface area (Å²) in [5.41, 5.74) is -0.453. The van der Waals surface area contributed by atoms with Gasteiger partial charge in [0.05, 0.1) is 12.2 Å². The Hall–Kier alpha value is -1.56. The number of amides is 1. The first-order valence-corrected chi connectivity index (χ1v) is 7.41. The van der Waals surface area contributed by atoms with Gasteiger partial charge in [0.1, 0.15) is 11.4 Å². The number of hydrogen-bond acceptors (Lipinski definition) is 5. The highest BCUT2D eigenvalue weighted by atomic mass is 16.6. The van der Waals surface area contributed by atoms with E-state index in [2.05, 4.69) is 10.3 Å². The summed E-state index contributed by atoms with van der Waals surface area (Å²) < 4.78 is 10.9. The topological polar surface area (TPSA) is 67.6 Å². The van der Waals surface area contributed by atoms with E-state index in [4.69, 9.17) is 9.15 Å². The van der Waals surface area contributed by atoms with Crippen molar-refractivity contribution >= 4 is 6.09 Å². The molecule has 0 saturated carbocycles. The third-order valence-electron chi connectivity index (χ3n) is 3.34. The van der Waals surface area contributed by atoms with E-state index in [1.54, 1.807) is 11.1 Å². The molecule has 118 valence electrons. The number of carbonyl (C=O) groups excluding carboxylic acids is 1. The van der Waals surface area contributed by atoms with Crippen molar-refractivity contribution in [1.29, 1.82) is 0 Å². The van der Waals surface area contributed by atoms with E-state index in [1.165, 1.54) is 0 Å². The molecule has 2 atom stereocenters. The van der Waals surface area contributed by atoms with Gasteiger partial charge >= 0.3 is 6.09 Å². The average Bonchev–Trinajstić information content (AvgIpc) is 2.96. The maximum Gasteiger partial charge on any atom is 0.410 e. The minimum Gasteiger partial charge on any atom is -0.444 e. The molecule has 1 aliphatic rings. The molecule has 21 heavy (non-hydrogen) atoms. The standard InChI is InChI=1S/C15H25N3O3/c1-10-8-16-13(20-10)11(2)17-12-6-7-18(9-12)14(19)21-15(3,4)5/h8,11-12,17H,6-7,9H2,1-5H3. The van der Waals surface area contributed by atoms with E-state index in [-0.39, 0.29) is 18.2 Å². The maximum atomic E-state index is 12.0. The molecule has 2 rings (SSSR count). The van der Waals surface area contributed by atoms with Gasteiger partial charge in [0.25, 0.3) is 0 Å². The molecule has 1 fully saturated rings. The predicted octanol–water partition coefficient (Wildman–Crippen LogP) is 2.64. The van der Waals surface area contributed by atoms with E-state index in [9.17, 15) is 4.79 Å². The SMILES string of the molecule is Cc1cnc(C(C)NC2CCN(C(=O)OC(C)(C)C)C2)o1. The third-order valence-corrected chi connectivity index (χ3v) is 3.34. The molecule has 1 saturated heterocycles. The van der Waals surface area contributed by atoms with Crippen LogP contribution < -0.4 is 5.32 Å². The smallest absolute Gasteiger partial charge is 0.410 e. The van der Waals surface area contributed by atoms with Crippen LogP contribution in [0.5, 0.6) is 0 Å². The van der Waals surface area contributed by atoms with Crippen molar-refractivity contribution in [3.63, 3.8) is 0 Å². The molecule has 1 N–H and O–H groups in total. The summed E-state index contributed by atoms with van der Waals surface area (Å²) >= 11 is 0. The van der Waals surface area contributed by atoms with Crippen LogP contribution in [0.4, 0.5) is 4.79 Å². The van der Waals surface area contributed by atoms with Gasteiger partial charge in [-0.25, -0.2) is 9.78 Å². The molecule has 0 radical (unpaired) electrons. The van der Waals surface area contributed by atoms with Crippen molar-refractivity contribution in [3.8, 4) is 0 Å². The molecule has 0 aliphatic carbocycles. The Bertz CT molecular complexity index is 493. The highest BCUT2D eigenvalue weighted by Crippen LogP contribution is 2.19. The highest BCUT2D eigenvalue weighted by molar-refractivity contribution is 5.68. The molecule has 0 aromatic carbocycles. The minimum absolute atomic E-state index is 0.0299. The highest BCUT2D eigenvalue weighted by Gasteiger charge is 2.30. The van der Waals surface area contributed by atoms with E-state index in [0.29, 0.717) is 19.0 Å². The molecule has 1 aromatic heterocycles. The monoisotopic (exact) mass is 295 g/mol. The number of ether oxygens (including phenoxy) is 1. The summed E-state index contributed by atoms with van der Waals surface area (Å²) in [4.78, 5) is 18.0. The molecule has 6 nitrogen and oxygen atoms in total. The molecular formula is C15H25N3O3. The minimum atomic E-state index is -0.453. The van der Waals surface area contributed by atoms with Crippen LogP contribution in [-0.4, -0.2) is 40.7 Å². The number of nitrogens with zero attached hydrogens (tertiary/aromatic N) is 2. The van der Waals surface area contributed by atoms with Gasteiger partial charge in [-0.15, -0.1) is 0 Å². The largest absolute Gasteiger partial charge is 0.444 e. The average molecular weight is 295 g/mol. The quantitative estimate of drug-likeness (QED) is 0.928. The lowest BCUT2D eigenvalue weighted by Gasteiger charge is -2.24. The Balaban J connectivity index is 1.84. The zero-order valence-corrected chi connectivity index (χ0v) is 13.5. The van der Waals surface area contributed by atoms with Crippen LogP contribution in [0.25, 0.3) is 0 Å². The van der Waals surface area contributed by atoms with Gasteiger partial charge in [-0.2, -0.15) is 0 Å². The van der Waals surface area contributed by atoms with Gasteiger partial charge in [-0.05, 0) is 41.0 Å². The normalized spacial score (nSPS) is 20.6. The molecule has 2 heterocycles. The van der Waals surface area contributed by atoms with E-state index in [0.717, 1.165) is 12.2 Å². The van der Waals surface area contributed by atoms with Crippen molar-refractivity contribution in [2.24, 2.45) is 0 Å². The Labute approximate surface area is 125 Å². The van der Waals surface area contributed by atoms with Crippen LogP contribution in [0, 0.1) is 6.92 Å². The van der Waals surface area contributed by atoms with Crippen LogP contribution in [0.1, 0.15) is 51.8 Å². The lowest BCUT2D eigenvalue weighted by atomic mass is 10.2. The number of aryl methyl sites for hydroxylation is 1. The van der Waals surface area contributed by atoms with E-state index in [1.807, 2.05) is 34.6 Å². The van der Waals surface area contributed by atoms with Crippen LogP contribution in [0.15, 0.2) is 10.6 Å². The fourth-order valence-corrected chi connectivity index (χ4v) is 2.39. The first-order chi connectivity index (χ1) is 9.74. The second-order valence-corrected chi connectivity index (χ2v) is 6.61. The van der Waals surface area contributed by atoms with Gasteiger partial charge in [0.2, 0.25) is 5.89 Å². The predicted molar refractivity (Wildman–Crippen MR) is 79.0 cm³/mol. The van der Waals surface area contributed by atoms with Crippen molar-refractivity contribution in [2.45, 2.75) is 58.7 Å². The van der Waals surface area contributed by atoms with Gasteiger partial charge in [-0.3, -0.25) is 0 Å². The molecule has 1 amide bonds. The van der Waals surface area contributed by atoms with E-state index >= 15 is 0 Å². The Morgan fingerprint density at radius 1 is 1.57 bits per heavy atom. The summed E-state index contributed by atoms with van der Waals surface area (Å²) in [6.07, 6.45) is 2.38. The number of carbonyl (C=O) groups is 1. The fraction of sp³-hybridized carbons (Fsp3) is 0.733. The second kappa shape index (κ2) is 6.05. The summed E-state index contributed by atoms with van der Waals surface area (Å²) in [5, 5.41) is 3.45. The van der Waals surface area contributed by atoms with Crippen molar-refractivity contribution in [2.75, 3.05) is 13.1 Å². The number of rotatable bonds is 3. The molecule has 6 heteroatoms. The maximum absolute atomic E-state index is 12.0. The van der Waals surface area contributed by atoms with Gasteiger partial charge in [0, 0.05) is 19.1 Å².